The van der Waals surface area contributed by atoms with Crippen LogP contribution in [0.15, 0.2) is 48.8 Å². The van der Waals surface area contributed by atoms with Gasteiger partial charge in [-0.2, -0.15) is 0 Å². The Morgan fingerprint density at radius 2 is 1.85 bits per heavy atom. The van der Waals surface area contributed by atoms with Crippen molar-refractivity contribution in [1.82, 2.24) is 15.2 Å². The first-order valence-electron chi connectivity index (χ1n) is 9.32. The minimum absolute atomic E-state index is 0.0389. The van der Waals surface area contributed by atoms with Gasteiger partial charge in [0.05, 0.1) is 6.61 Å². The highest BCUT2D eigenvalue weighted by Gasteiger charge is 2.22. The molecule has 5 nitrogen and oxygen atoms in total. The van der Waals surface area contributed by atoms with Gasteiger partial charge in [0.1, 0.15) is 5.75 Å². The molecule has 2 aromatic rings. The van der Waals surface area contributed by atoms with Gasteiger partial charge in [0, 0.05) is 32.0 Å². The highest BCUT2D eigenvalue weighted by Crippen LogP contribution is 2.21. The van der Waals surface area contributed by atoms with Crippen molar-refractivity contribution in [3.05, 3.63) is 59.9 Å². The van der Waals surface area contributed by atoms with Crippen molar-refractivity contribution in [1.29, 1.82) is 0 Å². The molecule has 0 saturated carbocycles. The lowest BCUT2D eigenvalue weighted by molar-refractivity contribution is 0.160. The van der Waals surface area contributed by atoms with Gasteiger partial charge in [0.25, 0.3) is 0 Å². The van der Waals surface area contributed by atoms with Crippen molar-refractivity contribution in [3.8, 4) is 5.75 Å². The van der Waals surface area contributed by atoms with Gasteiger partial charge in [-0.05, 0) is 49.8 Å². The molecule has 1 aromatic heterocycles. The van der Waals surface area contributed by atoms with Crippen molar-refractivity contribution < 1.29 is 9.53 Å². The third-order valence-corrected chi connectivity index (χ3v) is 4.91. The van der Waals surface area contributed by atoms with E-state index in [1.54, 1.807) is 12.4 Å². The molecule has 3 rings (SSSR count). The number of hydrogen-bond donors (Lipinski definition) is 1. The van der Waals surface area contributed by atoms with Crippen LogP contribution in [0.25, 0.3) is 0 Å². The second-order valence-electron chi connectivity index (χ2n) is 6.89. The van der Waals surface area contributed by atoms with E-state index in [0.717, 1.165) is 43.7 Å². The summed E-state index contributed by atoms with van der Waals surface area (Å²) >= 11 is 0. The predicted molar refractivity (Wildman–Crippen MR) is 102 cm³/mol. The number of carbonyl (C=O) groups is 1. The zero-order valence-corrected chi connectivity index (χ0v) is 15.4. The molecule has 0 atom stereocenters. The summed E-state index contributed by atoms with van der Waals surface area (Å²) in [7, 11) is 0. The summed E-state index contributed by atoms with van der Waals surface area (Å²) in [6.07, 6.45) is 6.59. The number of likely N-dealkylation sites (tertiary alicyclic amines) is 1. The zero-order chi connectivity index (χ0) is 18.2. The summed E-state index contributed by atoms with van der Waals surface area (Å²) in [6, 6.07) is 12.1. The van der Waals surface area contributed by atoms with Crippen LogP contribution in [0.5, 0.6) is 5.75 Å². The number of carbonyl (C=O) groups excluding carboxylic acids is 1. The van der Waals surface area contributed by atoms with Gasteiger partial charge in [0.15, 0.2) is 0 Å². The fourth-order valence-corrected chi connectivity index (χ4v) is 3.20. The second kappa shape index (κ2) is 9.22. The average Bonchev–Trinajstić information content (AvgIpc) is 2.69. The van der Waals surface area contributed by atoms with Crippen LogP contribution in [0.4, 0.5) is 4.79 Å². The molecule has 1 N–H and O–H groups in total. The van der Waals surface area contributed by atoms with Crippen LogP contribution in [0.3, 0.4) is 0 Å². The Hall–Kier alpha value is -2.56. The van der Waals surface area contributed by atoms with Crippen molar-refractivity contribution in [2.75, 3.05) is 19.7 Å². The van der Waals surface area contributed by atoms with Gasteiger partial charge >= 0.3 is 6.03 Å². The summed E-state index contributed by atoms with van der Waals surface area (Å²) < 4.78 is 5.75. The van der Waals surface area contributed by atoms with E-state index in [-0.39, 0.29) is 6.03 Å². The summed E-state index contributed by atoms with van der Waals surface area (Å²) in [5.74, 6) is 1.49. The summed E-state index contributed by atoms with van der Waals surface area (Å²) in [5.41, 5.74) is 2.36. The first-order valence-corrected chi connectivity index (χ1v) is 9.32. The van der Waals surface area contributed by atoms with Crippen LogP contribution in [0.1, 0.15) is 30.4 Å². The predicted octanol–water partition coefficient (Wildman–Crippen LogP) is 3.78. The fourth-order valence-electron chi connectivity index (χ4n) is 3.20. The molecule has 138 valence electrons. The van der Waals surface area contributed by atoms with E-state index in [2.05, 4.69) is 41.5 Å². The average molecular weight is 353 g/mol. The number of piperidine rings is 1. The molecule has 1 aromatic carbocycles. The lowest BCUT2D eigenvalue weighted by Crippen LogP contribution is -2.44. The maximum absolute atomic E-state index is 12.3. The van der Waals surface area contributed by atoms with Gasteiger partial charge in [-0.25, -0.2) is 4.79 Å². The third kappa shape index (κ3) is 5.48. The number of nitrogens with one attached hydrogen (secondary N) is 1. The Labute approximate surface area is 155 Å². The van der Waals surface area contributed by atoms with Crippen LogP contribution in [0.2, 0.25) is 0 Å². The molecule has 26 heavy (non-hydrogen) atoms. The number of nitrogens with zero attached hydrogens (tertiary/aromatic N) is 2. The number of urea groups is 1. The minimum Gasteiger partial charge on any atom is -0.493 e. The van der Waals surface area contributed by atoms with Crippen molar-refractivity contribution in [2.24, 2.45) is 5.92 Å². The lowest BCUT2D eigenvalue weighted by atomic mass is 9.94. The smallest absolute Gasteiger partial charge is 0.317 e. The molecule has 2 heterocycles. The third-order valence-electron chi connectivity index (χ3n) is 4.91. The maximum Gasteiger partial charge on any atom is 0.317 e. The molecule has 1 saturated heterocycles. The molecule has 2 amide bonds. The van der Waals surface area contributed by atoms with E-state index in [9.17, 15) is 4.79 Å². The molecule has 1 aliphatic heterocycles. The lowest BCUT2D eigenvalue weighted by Gasteiger charge is -2.32. The number of ether oxygens (including phenoxy) is 1. The van der Waals surface area contributed by atoms with Gasteiger partial charge in [-0.15, -0.1) is 0 Å². The number of amides is 2. The summed E-state index contributed by atoms with van der Waals surface area (Å²) in [5, 5.41) is 3.02. The summed E-state index contributed by atoms with van der Waals surface area (Å²) in [6.45, 7) is 5.00. The largest absolute Gasteiger partial charge is 0.493 e. The number of hydrogen-bond acceptors (Lipinski definition) is 3. The molecular weight excluding hydrogens is 326 g/mol. The Morgan fingerprint density at radius 3 is 2.54 bits per heavy atom. The molecule has 0 radical (unpaired) electrons. The number of benzene rings is 1. The number of aromatic nitrogens is 1. The molecular formula is C21H27N3O2. The van der Waals surface area contributed by atoms with E-state index >= 15 is 0 Å². The van der Waals surface area contributed by atoms with Gasteiger partial charge in [-0.1, -0.05) is 29.8 Å². The molecule has 0 bridgehead atoms. The van der Waals surface area contributed by atoms with Crippen LogP contribution < -0.4 is 10.1 Å². The number of aryl methyl sites for hydroxylation is 1. The SMILES string of the molecule is Cc1ccc(CNC(=O)N2CCC(CCOc3ccncc3)CC2)cc1. The van der Waals surface area contributed by atoms with E-state index in [1.165, 1.54) is 5.56 Å². The minimum atomic E-state index is 0.0389. The van der Waals surface area contributed by atoms with Crippen LogP contribution >= 0.6 is 0 Å². The molecule has 0 unspecified atom stereocenters. The van der Waals surface area contributed by atoms with Crippen LogP contribution in [-0.2, 0) is 6.54 Å². The second-order valence-corrected chi connectivity index (χ2v) is 6.89. The normalized spacial score (nSPS) is 14.9. The number of pyridine rings is 1. The Balaban J connectivity index is 1.33. The molecule has 0 spiro atoms. The van der Waals surface area contributed by atoms with Crippen molar-refractivity contribution in [2.45, 2.75) is 32.7 Å². The van der Waals surface area contributed by atoms with Gasteiger partial charge < -0.3 is 15.0 Å². The van der Waals surface area contributed by atoms with Gasteiger partial charge in [-0.3, -0.25) is 4.98 Å². The molecule has 5 heteroatoms. The zero-order valence-electron chi connectivity index (χ0n) is 15.4. The van der Waals surface area contributed by atoms with Crippen molar-refractivity contribution >= 4 is 6.03 Å². The van der Waals surface area contributed by atoms with E-state index in [0.29, 0.717) is 19.1 Å². The first kappa shape index (κ1) is 18.2. The molecule has 1 aliphatic rings. The monoisotopic (exact) mass is 353 g/mol. The quantitative estimate of drug-likeness (QED) is 0.860. The van der Waals surface area contributed by atoms with Crippen LogP contribution in [0, 0.1) is 12.8 Å². The fraction of sp³-hybridized carbons (Fsp3) is 0.429. The highest BCUT2D eigenvalue weighted by molar-refractivity contribution is 5.74. The molecule has 0 aliphatic carbocycles. The van der Waals surface area contributed by atoms with E-state index in [4.69, 9.17) is 4.74 Å². The Morgan fingerprint density at radius 1 is 1.15 bits per heavy atom. The maximum atomic E-state index is 12.3. The molecule has 1 fully saturated rings. The van der Waals surface area contributed by atoms with Gasteiger partial charge in [0.2, 0.25) is 0 Å². The van der Waals surface area contributed by atoms with Crippen LogP contribution in [-0.4, -0.2) is 35.6 Å². The topological polar surface area (TPSA) is 54.5 Å². The Bertz CT molecular complexity index is 680. The van der Waals surface area contributed by atoms with E-state index < -0.39 is 0 Å². The van der Waals surface area contributed by atoms with Crippen molar-refractivity contribution in [3.63, 3.8) is 0 Å². The first-order chi connectivity index (χ1) is 12.7. The number of rotatable bonds is 6. The Kier molecular flexibility index (Phi) is 6.47. The van der Waals surface area contributed by atoms with E-state index in [1.807, 2.05) is 17.0 Å². The standard InChI is InChI=1S/C21H27N3O2/c1-17-2-4-19(5-3-17)16-23-21(25)24-13-8-18(9-14-24)10-15-26-20-6-11-22-12-7-20/h2-7,11-12,18H,8-10,13-16H2,1H3,(H,23,25). The highest BCUT2D eigenvalue weighted by atomic mass is 16.5. The summed E-state index contributed by atoms with van der Waals surface area (Å²) in [4.78, 5) is 18.2.